The van der Waals surface area contributed by atoms with Crippen molar-refractivity contribution in [3.8, 4) is 5.75 Å². The van der Waals surface area contributed by atoms with Gasteiger partial charge in [-0.25, -0.2) is 4.79 Å². The van der Waals surface area contributed by atoms with E-state index in [4.69, 9.17) is 9.47 Å². The fraction of sp³-hybridized carbons (Fsp3) is 0.138. The lowest BCUT2D eigenvalue weighted by atomic mass is 9.95. The number of aliphatic hydroxyl groups is 1. The third kappa shape index (κ3) is 4.23. The van der Waals surface area contributed by atoms with Crippen LogP contribution >= 0.6 is 0 Å². The summed E-state index contributed by atoms with van der Waals surface area (Å²) in [6, 6.07) is 20.2. The van der Waals surface area contributed by atoms with E-state index in [2.05, 4.69) is 4.98 Å². The topological polar surface area (TPSA) is 109 Å². The van der Waals surface area contributed by atoms with Crippen LogP contribution in [0.2, 0.25) is 0 Å². The van der Waals surface area contributed by atoms with Crippen molar-refractivity contribution >= 4 is 34.3 Å². The normalized spacial score (nSPS) is 16.8. The van der Waals surface area contributed by atoms with E-state index >= 15 is 0 Å². The summed E-state index contributed by atoms with van der Waals surface area (Å²) in [6.45, 7) is 0.0819. The Morgan fingerprint density at radius 3 is 2.49 bits per heavy atom. The Morgan fingerprint density at radius 2 is 1.76 bits per heavy atom. The van der Waals surface area contributed by atoms with Crippen molar-refractivity contribution in [1.29, 1.82) is 0 Å². The second-order valence-electron chi connectivity index (χ2n) is 8.64. The summed E-state index contributed by atoms with van der Waals surface area (Å²) in [6.07, 6.45) is 1.63. The van der Waals surface area contributed by atoms with Crippen molar-refractivity contribution < 1.29 is 29.0 Å². The first-order valence-electron chi connectivity index (χ1n) is 11.6. The smallest absolute Gasteiger partial charge is 0.337 e. The number of esters is 1. The summed E-state index contributed by atoms with van der Waals surface area (Å²) in [5, 5.41) is 12.2. The molecule has 0 aliphatic carbocycles. The van der Waals surface area contributed by atoms with Crippen LogP contribution in [0.4, 0.5) is 0 Å². The van der Waals surface area contributed by atoms with Gasteiger partial charge in [0.05, 0.1) is 31.4 Å². The van der Waals surface area contributed by atoms with Gasteiger partial charge >= 0.3 is 5.97 Å². The standard InChI is InChI=1S/C29H24N2O6/c1-36-20-7-5-6-19(14-20)25-24(26(32)22-15-30-23-9-4-3-8-21(22)23)27(33)28(34)31(25)16-17-10-12-18(13-11-17)29(35)37-2/h3-15,25,30,32H,16H2,1-2H3/b26-24-. The first-order valence-corrected chi connectivity index (χ1v) is 11.6. The number of hydrogen-bond acceptors (Lipinski definition) is 6. The molecule has 0 spiro atoms. The number of nitrogens with zero attached hydrogens (tertiary/aromatic N) is 1. The predicted octanol–water partition coefficient (Wildman–Crippen LogP) is 4.59. The van der Waals surface area contributed by atoms with E-state index in [-0.39, 0.29) is 17.9 Å². The molecule has 2 N–H and O–H groups in total. The van der Waals surface area contributed by atoms with Gasteiger partial charge in [0, 0.05) is 29.2 Å². The zero-order valence-corrected chi connectivity index (χ0v) is 20.2. The fourth-order valence-electron chi connectivity index (χ4n) is 4.67. The van der Waals surface area contributed by atoms with Crippen LogP contribution in [0, 0.1) is 0 Å². The number of aromatic nitrogens is 1. The average molecular weight is 497 g/mol. The molecule has 8 nitrogen and oxygen atoms in total. The van der Waals surface area contributed by atoms with Crippen LogP contribution in [0.3, 0.4) is 0 Å². The molecule has 5 rings (SSSR count). The lowest BCUT2D eigenvalue weighted by Gasteiger charge is -2.25. The Kier molecular flexibility index (Phi) is 6.23. The number of carbonyl (C=O) groups is 3. The Labute approximate surface area is 212 Å². The fourth-order valence-corrected chi connectivity index (χ4v) is 4.67. The maximum atomic E-state index is 13.4. The highest BCUT2D eigenvalue weighted by atomic mass is 16.5. The van der Waals surface area contributed by atoms with Gasteiger partial charge in [-0.2, -0.15) is 0 Å². The second kappa shape index (κ2) is 9.66. The van der Waals surface area contributed by atoms with E-state index in [1.807, 2.05) is 24.3 Å². The number of fused-ring (bicyclic) bond motifs is 1. The molecule has 4 aromatic rings. The van der Waals surface area contributed by atoms with E-state index in [1.54, 1.807) is 54.7 Å². The van der Waals surface area contributed by atoms with Gasteiger partial charge in [-0.1, -0.05) is 42.5 Å². The highest BCUT2D eigenvalue weighted by Crippen LogP contribution is 2.42. The number of carbonyl (C=O) groups excluding carboxylic acids is 3. The zero-order chi connectivity index (χ0) is 26.1. The molecule has 1 unspecified atom stereocenters. The van der Waals surface area contributed by atoms with Crippen LogP contribution in [0.25, 0.3) is 16.7 Å². The van der Waals surface area contributed by atoms with Crippen molar-refractivity contribution in [2.45, 2.75) is 12.6 Å². The Morgan fingerprint density at radius 1 is 1.00 bits per heavy atom. The van der Waals surface area contributed by atoms with Gasteiger partial charge in [-0.05, 0) is 41.5 Å². The predicted molar refractivity (Wildman–Crippen MR) is 137 cm³/mol. The van der Waals surface area contributed by atoms with Crippen LogP contribution < -0.4 is 4.74 Å². The third-order valence-electron chi connectivity index (χ3n) is 6.52. The van der Waals surface area contributed by atoms with Crippen LogP contribution in [-0.4, -0.2) is 46.9 Å². The monoisotopic (exact) mass is 496 g/mol. The van der Waals surface area contributed by atoms with Crippen LogP contribution in [0.1, 0.15) is 33.1 Å². The summed E-state index contributed by atoms with van der Waals surface area (Å²) in [5.74, 6) is -1.68. The number of benzene rings is 3. The van der Waals surface area contributed by atoms with Crippen LogP contribution in [0.15, 0.2) is 84.6 Å². The number of nitrogens with one attached hydrogen (secondary N) is 1. The number of likely N-dealkylation sites (tertiary alicyclic amines) is 1. The van der Waals surface area contributed by atoms with E-state index in [1.165, 1.54) is 19.1 Å². The molecule has 1 aliphatic heterocycles. The number of methoxy groups -OCH3 is 2. The van der Waals surface area contributed by atoms with E-state index < -0.39 is 23.7 Å². The van der Waals surface area contributed by atoms with Crippen molar-refractivity contribution in [2.24, 2.45) is 0 Å². The van der Waals surface area contributed by atoms with Crippen molar-refractivity contribution in [3.63, 3.8) is 0 Å². The number of ketones is 1. The molecule has 1 amide bonds. The molecule has 8 heteroatoms. The lowest BCUT2D eigenvalue weighted by molar-refractivity contribution is -0.140. The molecular formula is C29H24N2O6. The number of para-hydroxylation sites is 1. The largest absolute Gasteiger partial charge is 0.507 e. The van der Waals surface area contributed by atoms with E-state index in [9.17, 15) is 19.5 Å². The zero-order valence-electron chi connectivity index (χ0n) is 20.2. The molecule has 3 aromatic carbocycles. The maximum absolute atomic E-state index is 13.4. The molecule has 0 bridgehead atoms. The molecule has 1 atom stereocenters. The first-order chi connectivity index (χ1) is 17.9. The van der Waals surface area contributed by atoms with Gasteiger partial charge in [0.25, 0.3) is 11.7 Å². The van der Waals surface area contributed by atoms with Gasteiger partial charge in [0.1, 0.15) is 11.5 Å². The molecule has 37 heavy (non-hydrogen) atoms. The summed E-state index contributed by atoms with van der Waals surface area (Å²) < 4.78 is 10.1. The van der Waals surface area contributed by atoms with E-state index in [0.717, 1.165) is 10.9 Å². The van der Waals surface area contributed by atoms with Gasteiger partial charge < -0.3 is 24.5 Å². The Hall–Kier alpha value is -4.85. The van der Waals surface area contributed by atoms with E-state index in [0.29, 0.717) is 28.0 Å². The van der Waals surface area contributed by atoms with Crippen molar-refractivity contribution in [1.82, 2.24) is 9.88 Å². The molecule has 0 saturated carbocycles. The minimum Gasteiger partial charge on any atom is -0.507 e. The van der Waals surface area contributed by atoms with Gasteiger partial charge in [-0.3, -0.25) is 9.59 Å². The number of Topliss-reactive ketones (excluding diaryl/α,β-unsaturated/α-hetero) is 1. The molecule has 1 saturated heterocycles. The van der Waals surface area contributed by atoms with Gasteiger partial charge in [0.15, 0.2) is 0 Å². The highest BCUT2D eigenvalue weighted by Gasteiger charge is 2.46. The number of H-pyrrole nitrogens is 1. The minimum absolute atomic E-state index is 0.00538. The Balaban J connectivity index is 1.63. The summed E-state index contributed by atoms with van der Waals surface area (Å²) in [5.41, 5.74) is 2.91. The molecular weight excluding hydrogens is 472 g/mol. The lowest BCUT2D eigenvalue weighted by Crippen LogP contribution is -2.29. The SMILES string of the molecule is COC(=O)c1ccc(CN2C(=O)C(=O)/C(=C(\O)c3c[nH]c4ccccc34)C2c2cccc(OC)c2)cc1. The van der Waals surface area contributed by atoms with Crippen molar-refractivity contribution in [2.75, 3.05) is 14.2 Å². The molecule has 1 aromatic heterocycles. The first kappa shape index (κ1) is 23.9. The van der Waals surface area contributed by atoms with Crippen LogP contribution in [0.5, 0.6) is 5.75 Å². The number of hydrogen-bond donors (Lipinski definition) is 2. The number of aromatic amines is 1. The molecule has 186 valence electrons. The summed E-state index contributed by atoms with van der Waals surface area (Å²) in [4.78, 5) is 43.0. The number of rotatable bonds is 6. The Bertz CT molecular complexity index is 1550. The van der Waals surface area contributed by atoms with Gasteiger partial charge in [-0.15, -0.1) is 0 Å². The highest BCUT2D eigenvalue weighted by molar-refractivity contribution is 6.46. The molecule has 1 aliphatic rings. The summed E-state index contributed by atoms with van der Waals surface area (Å²) in [7, 11) is 2.84. The molecule has 2 heterocycles. The number of amides is 1. The molecule has 1 fully saturated rings. The van der Waals surface area contributed by atoms with Crippen molar-refractivity contribution in [3.05, 3.63) is 107 Å². The summed E-state index contributed by atoms with van der Waals surface area (Å²) >= 11 is 0. The van der Waals surface area contributed by atoms with Gasteiger partial charge in [0.2, 0.25) is 0 Å². The van der Waals surface area contributed by atoms with Crippen LogP contribution in [-0.2, 0) is 20.9 Å². The number of aliphatic hydroxyl groups excluding tert-OH is 1. The average Bonchev–Trinajstić information content (AvgIpc) is 3.47. The quantitative estimate of drug-likeness (QED) is 0.175. The minimum atomic E-state index is -0.857. The maximum Gasteiger partial charge on any atom is 0.337 e. The third-order valence-corrected chi connectivity index (χ3v) is 6.52. The number of ether oxygens (including phenoxy) is 2. The second-order valence-corrected chi connectivity index (χ2v) is 8.64. The molecule has 0 radical (unpaired) electrons.